The minimum Gasteiger partial charge on any atom is -0.325 e. The zero-order valence-corrected chi connectivity index (χ0v) is 22.7. The van der Waals surface area contributed by atoms with Gasteiger partial charge in [-0.25, -0.2) is 8.42 Å². The summed E-state index contributed by atoms with van der Waals surface area (Å²) < 4.78 is 27.7. The van der Waals surface area contributed by atoms with Crippen molar-refractivity contribution in [3.8, 4) is 0 Å². The lowest BCUT2D eigenvalue weighted by Gasteiger charge is -2.25. The topological polar surface area (TPSA) is 121 Å². The zero-order valence-electron chi connectivity index (χ0n) is 20.3. The van der Waals surface area contributed by atoms with Crippen molar-refractivity contribution in [2.45, 2.75) is 28.5 Å². The van der Waals surface area contributed by atoms with Crippen LogP contribution >= 0.6 is 23.1 Å². The van der Waals surface area contributed by atoms with Crippen molar-refractivity contribution in [1.82, 2.24) is 14.5 Å². The lowest BCUT2D eigenvalue weighted by molar-refractivity contribution is -0.113. The molecule has 0 unspecified atom stereocenters. The molecular weight excluding hydrogens is 543 g/mol. The first kappa shape index (κ1) is 26.3. The number of piperidine rings is 1. The minimum atomic E-state index is -3.56. The Balaban J connectivity index is 1.15. The summed E-state index contributed by atoms with van der Waals surface area (Å²) in [5.41, 5.74) is 1.05. The molecule has 1 aliphatic rings. The van der Waals surface area contributed by atoms with E-state index in [0.717, 1.165) is 47.1 Å². The molecule has 12 heteroatoms. The zero-order chi connectivity index (χ0) is 26.5. The fourth-order valence-electron chi connectivity index (χ4n) is 4.17. The molecule has 0 bridgehead atoms. The maximum absolute atomic E-state index is 12.8. The van der Waals surface area contributed by atoms with E-state index in [2.05, 4.69) is 20.8 Å². The second-order valence-electron chi connectivity index (χ2n) is 8.68. The lowest BCUT2D eigenvalue weighted by Crippen LogP contribution is -2.35. The number of hydrogen-bond acceptors (Lipinski definition) is 8. The maximum atomic E-state index is 12.8. The summed E-state index contributed by atoms with van der Waals surface area (Å²) in [7, 11) is -3.56. The molecule has 1 saturated heterocycles. The highest BCUT2D eigenvalue weighted by atomic mass is 32.2. The van der Waals surface area contributed by atoms with Crippen molar-refractivity contribution in [3.63, 3.8) is 0 Å². The maximum Gasteiger partial charge on any atom is 0.257 e. The molecule has 2 heterocycles. The van der Waals surface area contributed by atoms with Gasteiger partial charge in [-0.1, -0.05) is 65.9 Å². The van der Waals surface area contributed by atoms with Crippen LogP contribution in [0.25, 0.3) is 10.8 Å². The van der Waals surface area contributed by atoms with Gasteiger partial charge < -0.3 is 5.32 Å². The van der Waals surface area contributed by atoms with Gasteiger partial charge in [-0.3, -0.25) is 14.9 Å². The Morgan fingerprint density at radius 1 is 0.895 bits per heavy atom. The minimum absolute atomic E-state index is 0.138. The van der Waals surface area contributed by atoms with E-state index in [-0.39, 0.29) is 21.7 Å². The average Bonchev–Trinajstić information content (AvgIpc) is 3.40. The third kappa shape index (κ3) is 6.04. The molecule has 1 aliphatic heterocycles. The molecule has 3 aromatic carbocycles. The second-order valence-corrected chi connectivity index (χ2v) is 12.8. The van der Waals surface area contributed by atoms with Gasteiger partial charge in [0, 0.05) is 29.7 Å². The molecule has 0 atom stereocenters. The largest absolute Gasteiger partial charge is 0.325 e. The van der Waals surface area contributed by atoms with Gasteiger partial charge in [0.1, 0.15) is 0 Å². The second kappa shape index (κ2) is 11.6. The predicted molar refractivity (Wildman–Crippen MR) is 150 cm³/mol. The molecule has 1 fully saturated rings. The van der Waals surface area contributed by atoms with E-state index < -0.39 is 15.9 Å². The first-order chi connectivity index (χ1) is 18.4. The first-order valence-corrected chi connectivity index (χ1v) is 15.3. The number of nitrogens with one attached hydrogen (secondary N) is 2. The van der Waals surface area contributed by atoms with Crippen LogP contribution in [0.15, 0.2) is 76.0 Å². The molecular formula is C26H25N5O4S3. The van der Waals surface area contributed by atoms with Crippen LogP contribution < -0.4 is 10.6 Å². The number of sulfonamides is 1. The Morgan fingerprint density at radius 2 is 1.63 bits per heavy atom. The van der Waals surface area contributed by atoms with Crippen LogP contribution in [0.2, 0.25) is 0 Å². The van der Waals surface area contributed by atoms with Crippen LogP contribution in [-0.4, -0.2) is 53.6 Å². The number of carbonyl (C=O) groups is 2. The molecule has 4 aromatic rings. The molecule has 2 amide bonds. The Hall–Kier alpha value is -3.32. The molecule has 0 aliphatic carbocycles. The smallest absolute Gasteiger partial charge is 0.257 e. The summed E-state index contributed by atoms with van der Waals surface area (Å²) in [6.07, 6.45) is 2.75. The number of carbonyl (C=O) groups excluding carboxylic acids is 2. The Labute approximate surface area is 228 Å². The SMILES string of the molecule is O=C(CSc1nnc(NC(=O)c2ccc(S(=O)(=O)N3CCCCC3)cc2)s1)Nc1cccc2ccccc12. The van der Waals surface area contributed by atoms with Crippen LogP contribution in [0.3, 0.4) is 0 Å². The number of fused-ring (bicyclic) bond motifs is 1. The van der Waals surface area contributed by atoms with Crippen LogP contribution in [0.1, 0.15) is 29.6 Å². The molecule has 38 heavy (non-hydrogen) atoms. The van der Waals surface area contributed by atoms with Crippen LogP contribution in [0.5, 0.6) is 0 Å². The number of anilines is 2. The quantitative estimate of drug-likeness (QED) is 0.231. The molecule has 0 saturated carbocycles. The molecule has 2 N–H and O–H groups in total. The number of amides is 2. The van der Waals surface area contributed by atoms with E-state index in [0.29, 0.717) is 23.0 Å². The van der Waals surface area contributed by atoms with Gasteiger partial charge >= 0.3 is 0 Å². The molecule has 0 spiro atoms. The van der Waals surface area contributed by atoms with Crippen LogP contribution in [0.4, 0.5) is 10.8 Å². The first-order valence-electron chi connectivity index (χ1n) is 12.1. The summed E-state index contributed by atoms with van der Waals surface area (Å²) in [6.45, 7) is 1.04. The number of benzene rings is 3. The molecule has 5 rings (SSSR count). The summed E-state index contributed by atoms with van der Waals surface area (Å²) in [6, 6.07) is 19.4. The van der Waals surface area contributed by atoms with Crippen molar-refractivity contribution < 1.29 is 18.0 Å². The summed E-state index contributed by atoms with van der Waals surface area (Å²) >= 11 is 2.38. The third-order valence-electron chi connectivity index (χ3n) is 6.09. The van der Waals surface area contributed by atoms with Crippen LogP contribution in [0, 0.1) is 0 Å². The van der Waals surface area contributed by atoms with E-state index >= 15 is 0 Å². The molecule has 1 aromatic heterocycles. The van der Waals surface area contributed by atoms with E-state index in [1.54, 1.807) is 0 Å². The van der Waals surface area contributed by atoms with Crippen molar-refractivity contribution in [2.75, 3.05) is 29.5 Å². The van der Waals surface area contributed by atoms with Crippen LogP contribution in [-0.2, 0) is 14.8 Å². The van der Waals surface area contributed by atoms with Gasteiger partial charge in [-0.05, 0) is 48.6 Å². The van der Waals surface area contributed by atoms with Crippen molar-refractivity contribution in [2.24, 2.45) is 0 Å². The molecule has 0 radical (unpaired) electrons. The van der Waals surface area contributed by atoms with Crippen molar-refractivity contribution in [3.05, 3.63) is 72.3 Å². The number of nitrogens with zero attached hydrogens (tertiary/aromatic N) is 3. The van der Waals surface area contributed by atoms with Gasteiger partial charge in [-0.15, -0.1) is 10.2 Å². The summed E-state index contributed by atoms with van der Waals surface area (Å²) in [5.74, 6) is -0.460. The van der Waals surface area contributed by atoms with Crippen molar-refractivity contribution in [1.29, 1.82) is 0 Å². The monoisotopic (exact) mass is 567 g/mol. The van der Waals surface area contributed by atoms with Gasteiger partial charge in [0.05, 0.1) is 10.6 Å². The van der Waals surface area contributed by atoms with Crippen molar-refractivity contribution >= 4 is 66.5 Å². The summed E-state index contributed by atoms with van der Waals surface area (Å²) in [4.78, 5) is 25.3. The number of thioether (sulfide) groups is 1. The average molecular weight is 568 g/mol. The Kier molecular flexibility index (Phi) is 8.03. The highest BCUT2D eigenvalue weighted by molar-refractivity contribution is 8.01. The third-order valence-corrected chi connectivity index (χ3v) is 9.97. The fourth-order valence-corrected chi connectivity index (χ4v) is 7.23. The Bertz CT molecular complexity index is 1560. The standard InChI is InChI=1S/C26H25N5O4S3/c32-23(27-22-10-6-8-18-7-2-3-9-21(18)22)17-36-26-30-29-25(37-26)28-24(33)19-11-13-20(14-12-19)38(34,35)31-15-4-1-5-16-31/h2-3,6-14H,1,4-5,15-17H2,(H,27,32)(H,28,29,33). The van der Waals surface area contributed by atoms with E-state index in [1.165, 1.54) is 40.3 Å². The van der Waals surface area contributed by atoms with E-state index in [1.807, 2.05) is 42.5 Å². The number of aromatic nitrogens is 2. The highest BCUT2D eigenvalue weighted by Gasteiger charge is 2.26. The predicted octanol–water partition coefficient (Wildman–Crippen LogP) is 4.85. The van der Waals surface area contributed by atoms with E-state index in [4.69, 9.17) is 0 Å². The number of hydrogen-bond donors (Lipinski definition) is 2. The fraction of sp³-hybridized carbons (Fsp3) is 0.231. The normalized spacial score (nSPS) is 14.3. The van der Waals surface area contributed by atoms with Gasteiger partial charge in [0.15, 0.2) is 4.34 Å². The Morgan fingerprint density at radius 3 is 2.42 bits per heavy atom. The van der Waals surface area contributed by atoms with E-state index in [9.17, 15) is 18.0 Å². The van der Waals surface area contributed by atoms with Gasteiger partial charge in [0.25, 0.3) is 5.91 Å². The highest BCUT2D eigenvalue weighted by Crippen LogP contribution is 2.27. The van der Waals surface area contributed by atoms with Gasteiger partial charge in [0.2, 0.25) is 21.1 Å². The summed E-state index contributed by atoms with van der Waals surface area (Å²) in [5, 5.41) is 15.9. The molecule has 9 nitrogen and oxygen atoms in total. The molecule has 196 valence electrons. The number of rotatable bonds is 8. The lowest BCUT2D eigenvalue weighted by atomic mass is 10.1. The van der Waals surface area contributed by atoms with Gasteiger partial charge in [-0.2, -0.15) is 4.31 Å².